The fourth-order valence-corrected chi connectivity index (χ4v) is 5.07. The predicted molar refractivity (Wildman–Crippen MR) is 122 cm³/mol. The lowest BCUT2D eigenvalue weighted by Gasteiger charge is -2.27. The SMILES string of the molecule is Cc1ccc(S(=O)(=O)N(CC(=O)NCCN2CCOCC2)c2cccc(Cl)c2Cl)cc1. The van der Waals surface area contributed by atoms with Crippen LogP contribution in [0.5, 0.6) is 0 Å². The van der Waals surface area contributed by atoms with Crippen LogP contribution in [0.1, 0.15) is 5.56 Å². The molecule has 0 spiro atoms. The summed E-state index contributed by atoms with van der Waals surface area (Å²) >= 11 is 12.4. The molecule has 0 bridgehead atoms. The van der Waals surface area contributed by atoms with Gasteiger partial charge in [0.1, 0.15) is 6.54 Å². The second kappa shape index (κ2) is 10.7. The van der Waals surface area contributed by atoms with Crippen molar-refractivity contribution in [2.24, 2.45) is 0 Å². The highest BCUT2D eigenvalue weighted by atomic mass is 35.5. The molecule has 1 amide bonds. The number of halogens is 2. The Bertz CT molecular complexity index is 1010. The van der Waals surface area contributed by atoms with Gasteiger partial charge in [-0.3, -0.25) is 14.0 Å². The van der Waals surface area contributed by atoms with E-state index in [0.717, 1.165) is 23.0 Å². The van der Waals surface area contributed by atoms with E-state index in [0.29, 0.717) is 26.3 Å². The highest BCUT2D eigenvalue weighted by molar-refractivity contribution is 7.92. The van der Waals surface area contributed by atoms with Crippen LogP contribution in [0.15, 0.2) is 47.4 Å². The van der Waals surface area contributed by atoms with E-state index in [-0.39, 0.29) is 20.6 Å². The van der Waals surface area contributed by atoms with Crippen molar-refractivity contribution in [2.75, 3.05) is 50.2 Å². The van der Waals surface area contributed by atoms with E-state index in [4.69, 9.17) is 27.9 Å². The molecule has 0 atom stereocenters. The normalized spacial score (nSPS) is 14.9. The summed E-state index contributed by atoms with van der Waals surface area (Å²) in [7, 11) is -4.05. The number of amides is 1. The van der Waals surface area contributed by atoms with Crippen molar-refractivity contribution < 1.29 is 17.9 Å². The van der Waals surface area contributed by atoms with Gasteiger partial charge in [-0.15, -0.1) is 0 Å². The number of hydrogen-bond donors (Lipinski definition) is 1. The second-order valence-corrected chi connectivity index (χ2v) is 9.85. The van der Waals surface area contributed by atoms with Crippen LogP contribution in [0.3, 0.4) is 0 Å². The zero-order valence-electron chi connectivity index (χ0n) is 17.2. The van der Waals surface area contributed by atoms with E-state index in [2.05, 4.69) is 10.2 Å². The molecule has 1 saturated heterocycles. The average molecular weight is 486 g/mol. The van der Waals surface area contributed by atoms with Crippen LogP contribution in [0.2, 0.25) is 10.0 Å². The fraction of sp³-hybridized carbons (Fsp3) is 0.381. The molecule has 0 unspecified atom stereocenters. The standard InChI is InChI=1S/C21H25Cl2N3O4S/c1-16-5-7-17(8-6-16)31(28,29)26(19-4-2-3-18(22)21(19)23)15-20(27)24-9-10-25-11-13-30-14-12-25/h2-8H,9-15H2,1H3,(H,24,27). The number of carbonyl (C=O) groups is 1. The summed E-state index contributed by atoms with van der Waals surface area (Å²) in [6.07, 6.45) is 0. The maximum atomic E-state index is 13.4. The third kappa shape index (κ3) is 6.11. The first-order chi connectivity index (χ1) is 14.8. The van der Waals surface area contributed by atoms with Gasteiger partial charge >= 0.3 is 0 Å². The summed E-state index contributed by atoms with van der Waals surface area (Å²) < 4.78 is 33.1. The van der Waals surface area contributed by atoms with E-state index in [1.54, 1.807) is 24.3 Å². The molecule has 7 nitrogen and oxygen atoms in total. The molecule has 1 N–H and O–H groups in total. The minimum Gasteiger partial charge on any atom is -0.379 e. The van der Waals surface area contributed by atoms with Crippen LogP contribution in [-0.4, -0.2) is 65.2 Å². The number of sulfonamides is 1. The number of carbonyl (C=O) groups excluding carboxylic acids is 1. The van der Waals surface area contributed by atoms with Crippen molar-refractivity contribution in [2.45, 2.75) is 11.8 Å². The molecule has 1 fully saturated rings. The Kier molecular flexibility index (Phi) is 8.18. The van der Waals surface area contributed by atoms with E-state index in [1.165, 1.54) is 18.2 Å². The van der Waals surface area contributed by atoms with E-state index in [1.807, 2.05) is 6.92 Å². The Morgan fingerprint density at radius 3 is 2.48 bits per heavy atom. The Hall–Kier alpha value is -1.84. The van der Waals surface area contributed by atoms with Gasteiger partial charge in [0.2, 0.25) is 5.91 Å². The average Bonchev–Trinajstić information content (AvgIpc) is 2.75. The Morgan fingerprint density at radius 1 is 1.13 bits per heavy atom. The maximum Gasteiger partial charge on any atom is 0.264 e. The fourth-order valence-electron chi connectivity index (χ4n) is 3.19. The van der Waals surface area contributed by atoms with Gasteiger partial charge in [0, 0.05) is 26.2 Å². The molecular formula is C21H25Cl2N3O4S. The summed E-state index contributed by atoms with van der Waals surface area (Å²) in [6.45, 7) is 5.47. The molecule has 0 radical (unpaired) electrons. The van der Waals surface area contributed by atoms with Gasteiger partial charge in [-0.2, -0.15) is 0 Å². The molecule has 0 aliphatic carbocycles. The first kappa shape index (κ1) is 23.8. The van der Waals surface area contributed by atoms with E-state index < -0.39 is 22.5 Å². The first-order valence-electron chi connectivity index (χ1n) is 9.89. The van der Waals surface area contributed by atoms with Gasteiger partial charge in [0.05, 0.1) is 33.8 Å². The largest absolute Gasteiger partial charge is 0.379 e. The van der Waals surface area contributed by atoms with Crippen molar-refractivity contribution in [3.8, 4) is 0 Å². The van der Waals surface area contributed by atoms with Crippen molar-refractivity contribution in [1.29, 1.82) is 0 Å². The second-order valence-electron chi connectivity index (χ2n) is 7.20. The Labute approximate surface area is 192 Å². The van der Waals surface area contributed by atoms with Crippen LogP contribution in [0.25, 0.3) is 0 Å². The highest BCUT2D eigenvalue weighted by Crippen LogP contribution is 2.35. The van der Waals surface area contributed by atoms with Gasteiger partial charge < -0.3 is 10.1 Å². The summed E-state index contributed by atoms with van der Waals surface area (Å²) in [4.78, 5) is 14.9. The Balaban J connectivity index is 1.79. The van der Waals surface area contributed by atoms with Crippen LogP contribution < -0.4 is 9.62 Å². The number of ether oxygens (including phenoxy) is 1. The molecule has 168 valence electrons. The topological polar surface area (TPSA) is 79.0 Å². The highest BCUT2D eigenvalue weighted by Gasteiger charge is 2.29. The van der Waals surface area contributed by atoms with Gasteiger partial charge in [0.15, 0.2) is 0 Å². The van der Waals surface area contributed by atoms with E-state index in [9.17, 15) is 13.2 Å². The molecule has 2 aromatic rings. The maximum absolute atomic E-state index is 13.4. The van der Waals surface area contributed by atoms with Gasteiger partial charge in [-0.1, -0.05) is 47.0 Å². The molecule has 3 rings (SSSR count). The third-order valence-corrected chi connectivity index (χ3v) is 7.53. The number of morpholine rings is 1. The smallest absolute Gasteiger partial charge is 0.264 e. The summed E-state index contributed by atoms with van der Waals surface area (Å²) in [5.41, 5.74) is 1.07. The van der Waals surface area contributed by atoms with Crippen molar-refractivity contribution in [3.05, 3.63) is 58.1 Å². The molecule has 31 heavy (non-hydrogen) atoms. The minimum atomic E-state index is -4.05. The number of aryl methyl sites for hydroxylation is 1. The number of nitrogens with one attached hydrogen (secondary N) is 1. The van der Waals surface area contributed by atoms with Crippen LogP contribution in [0.4, 0.5) is 5.69 Å². The number of anilines is 1. The number of rotatable bonds is 8. The number of benzene rings is 2. The zero-order chi connectivity index (χ0) is 22.4. The van der Waals surface area contributed by atoms with Gasteiger partial charge in [-0.25, -0.2) is 8.42 Å². The monoisotopic (exact) mass is 485 g/mol. The predicted octanol–water partition coefficient (Wildman–Crippen LogP) is 2.95. The molecule has 0 saturated carbocycles. The van der Waals surface area contributed by atoms with Crippen LogP contribution in [0, 0.1) is 6.92 Å². The quantitative estimate of drug-likeness (QED) is 0.621. The van der Waals surface area contributed by atoms with Crippen molar-refractivity contribution in [1.82, 2.24) is 10.2 Å². The molecule has 1 aliphatic rings. The van der Waals surface area contributed by atoms with Crippen LogP contribution in [-0.2, 0) is 19.6 Å². The summed E-state index contributed by atoms with van der Waals surface area (Å²) in [5, 5.41) is 3.07. The molecular weight excluding hydrogens is 461 g/mol. The first-order valence-corrected chi connectivity index (χ1v) is 12.1. The number of nitrogens with zero attached hydrogens (tertiary/aromatic N) is 2. The minimum absolute atomic E-state index is 0.0651. The molecule has 0 aromatic heterocycles. The lowest BCUT2D eigenvalue weighted by atomic mass is 10.2. The van der Waals surface area contributed by atoms with E-state index >= 15 is 0 Å². The lowest BCUT2D eigenvalue weighted by Crippen LogP contribution is -2.45. The molecule has 2 aromatic carbocycles. The lowest BCUT2D eigenvalue weighted by molar-refractivity contribution is -0.119. The van der Waals surface area contributed by atoms with Gasteiger partial charge in [-0.05, 0) is 31.2 Å². The number of hydrogen-bond acceptors (Lipinski definition) is 5. The molecule has 1 aliphatic heterocycles. The summed E-state index contributed by atoms with van der Waals surface area (Å²) in [5.74, 6) is -0.431. The molecule has 10 heteroatoms. The zero-order valence-corrected chi connectivity index (χ0v) is 19.5. The van der Waals surface area contributed by atoms with Crippen LogP contribution >= 0.6 is 23.2 Å². The van der Waals surface area contributed by atoms with Gasteiger partial charge in [0.25, 0.3) is 10.0 Å². The summed E-state index contributed by atoms with van der Waals surface area (Å²) in [6, 6.07) is 11.1. The molecule has 1 heterocycles. The third-order valence-electron chi connectivity index (χ3n) is 4.95. The Morgan fingerprint density at radius 2 is 1.81 bits per heavy atom. The van der Waals surface area contributed by atoms with Crippen molar-refractivity contribution >= 4 is 44.8 Å². The van der Waals surface area contributed by atoms with Crippen molar-refractivity contribution in [3.63, 3.8) is 0 Å².